The summed E-state index contributed by atoms with van der Waals surface area (Å²) >= 11 is 0. The van der Waals surface area contributed by atoms with Crippen molar-refractivity contribution in [2.24, 2.45) is 0 Å². The predicted octanol–water partition coefficient (Wildman–Crippen LogP) is 3.87. The molecule has 0 aliphatic rings. The molecule has 0 aliphatic heterocycles. The molecule has 1 rings (SSSR count). The Balaban J connectivity index is 3.53. The number of hydrogen-bond donors (Lipinski definition) is 0. The molecule has 0 radical (unpaired) electrons. The van der Waals surface area contributed by atoms with Crippen LogP contribution in [0.4, 0.5) is 0 Å². The molecule has 0 amide bonds. The Morgan fingerprint density at radius 1 is 1.04 bits per heavy atom. The highest BCUT2D eigenvalue weighted by Gasteiger charge is 2.36. The lowest BCUT2D eigenvalue weighted by molar-refractivity contribution is -0.137. The molecule has 0 unspecified atom stereocenters. The number of rotatable bonds is 10. The summed E-state index contributed by atoms with van der Waals surface area (Å²) in [4.78, 5) is 12.4. The van der Waals surface area contributed by atoms with Crippen LogP contribution in [0.5, 0.6) is 11.5 Å². The van der Waals surface area contributed by atoms with Crippen LogP contribution in [0.25, 0.3) is 6.08 Å². The van der Waals surface area contributed by atoms with E-state index in [-0.39, 0.29) is 25.1 Å². The average Bonchev–Trinajstić information content (AvgIpc) is 2.59. The summed E-state index contributed by atoms with van der Waals surface area (Å²) < 4.78 is 39.2. The molecule has 140 valence electrons. The van der Waals surface area contributed by atoms with Gasteiger partial charge in [-0.05, 0) is 45.0 Å². The minimum absolute atomic E-state index is 0.114. The number of ether oxygens (including phenoxy) is 3. The van der Waals surface area contributed by atoms with Crippen molar-refractivity contribution < 1.29 is 32.6 Å². The summed E-state index contributed by atoms with van der Waals surface area (Å²) in [6.07, 6.45) is 1.39. The summed E-state index contributed by atoms with van der Waals surface area (Å²) in [6.45, 7) is 5.35. The molecule has 0 fully saturated rings. The first-order valence-electron chi connectivity index (χ1n) is 7.96. The lowest BCUT2D eigenvalue weighted by Crippen LogP contribution is -2.11. The molecule has 0 N–H and O–H groups in total. The van der Waals surface area contributed by atoms with Gasteiger partial charge < -0.3 is 23.3 Å². The van der Waals surface area contributed by atoms with Crippen LogP contribution in [0, 0.1) is 0 Å². The third-order valence-electron chi connectivity index (χ3n) is 3.11. The van der Waals surface area contributed by atoms with Gasteiger partial charge in [0, 0.05) is 5.56 Å². The number of methoxy groups -OCH3 is 2. The van der Waals surface area contributed by atoms with Crippen LogP contribution in [0.2, 0.25) is 0 Å². The van der Waals surface area contributed by atoms with Gasteiger partial charge in [0.1, 0.15) is 16.8 Å². The smallest absolute Gasteiger partial charge is 0.368 e. The van der Waals surface area contributed by atoms with Crippen molar-refractivity contribution in [3.8, 4) is 11.5 Å². The summed E-state index contributed by atoms with van der Waals surface area (Å²) in [7, 11) is -0.830. The third kappa shape index (κ3) is 5.59. The van der Waals surface area contributed by atoms with E-state index in [1.165, 1.54) is 20.3 Å². The highest BCUT2D eigenvalue weighted by atomic mass is 31.2. The Morgan fingerprint density at radius 2 is 1.68 bits per heavy atom. The summed E-state index contributed by atoms with van der Waals surface area (Å²) in [6, 6.07) is 5.05. The topological polar surface area (TPSA) is 80.3 Å². The lowest BCUT2D eigenvalue weighted by atomic mass is 10.1. The predicted molar refractivity (Wildman–Crippen MR) is 95.0 cm³/mol. The first kappa shape index (κ1) is 21.2. The Morgan fingerprint density at radius 3 is 2.16 bits per heavy atom. The number of esters is 1. The minimum atomic E-state index is -3.84. The zero-order valence-electron chi connectivity index (χ0n) is 15.2. The monoisotopic (exact) mass is 372 g/mol. The van der Waals surface area contributed by atoms with Gasteiger partial charge in [-0.3, -0.25) is 4.57 Å². The Bertz CT molecular complexity index is 644. The molecule has 25 heavy (non-hydrogen) atoms. The average molecular weight is 372 g/mol. The molecule has 0 saturated heterocycles. The Hall–Kier alpha value is -1.82. The largest absolute Gasteiger partial charge is 0.497 e. The van der Waals surface area contributed by atoms with E-state index in [1.54, 1.807) is 39.0 Å². The van der Waals surface area contributed by atoms with Gasteiger partial charge in [-0.25, -0.2) is 4.79 Å². The number of hydrogen-bond acceptors (Lipinski definition) is 7. The van der Waals surface area contributed by atoms with E-state index in [0.717, 1.165) is 0 Å². The van der Waals surface area contributed by atoms with E-state index in [1.807, 2.05) is 0 Å². The lowest BCUT2D eigenvalue weighted by Gasteiger charge is -2.19. The molecule has 8 heteroatoms. The van der Waals surface area contributed by atoms with Crippen molar-refractivity contribution in [1.29, 1.82) is 0 Å². The summed E-state index contributed by atoms with van der Waals surface area (Å²) in [5.74, 6) is 0.262. The normalized spacial score (nSPS) is 12.0. The highest BCUT2D eigenvalue weighted by molar-refractivity contribution is 7.60. The first-order valence-corrected chi connectivity index (χ1v) is 9.50. The second-order valence-electron chi connectivity index (χ2n) is 4.69. The van der Waals surface area contributed by atoms with Crippen LogP contribution in [0.1, 0.15) is 26.3 Å². The summed E-state index contributed by atoms with van der Waals surface area (Å²) in [5, 5.41) is -0.190. The van der Waals surface area contributed by atoms with E-state index < -0.39 is 13.6 Å². The van der Waals surface area contributed by atoms with E-state index in [0.29, 0.717) is 17.1 Å². The SMILES string of the molecule is CCOC(=O)/C(=C/c1cc(OC)ccc1OC)P(=O)(OCC)OCC. The standard InChI is InChI=1S/C17H25O7P/c1-6-22-17(18)16(25(19,23-7-2)24-8-3)12-13-11-14(20-4)9-10-15(13)21-5/h9-12H,6-8H2,1-5H3/b16-12-. The zero-order valence-corrected chi connectivity index (χ0v) is 16.1. The fourth-order valence-electron chi connectivity index (χ4n) is 2.07. The van der Waals surface area contributed by atoms with Crippen LogP contribution in [-0.2, 0) is 23.1 Å². The maximum atomic E-state index is 13.1. The van der Waals surface area contributed by atoms with Gasteiger partial charge in [-0.15, -0.1) is 0 Å². The number of carbonyl (C=O) groups is 1. The van der Waals surface area contributed by atoms with Gasteiger partial charge in [-0.2, -0.15) is 0 Å². The van der Waals surface area contributed by atoms with Crippen LogP contribution >= 0.6 is 7.60 Å². The van der Waals surface area contributed by atoms with Gasteiger partial charge in [0.15, 0.2) is 0 Å². The van der Waals surface area contributed by atoms with Gasteiger partial charge in [0.05, 0.1) is 34.0 Å². The van der Waals surface area contributed by atoms with Crippen LogP contribution in [0.3, 0.4) is 0 Å². The molecule has 0 aliphatic carbocycles. The molecule has 7 nitrogen and oxygen atoms in total. The fourth-order valence-corrected chi connectivity index (χ4v) is 3.69. The molecule has 0 aromatic heterocycles. The second-order valence-corrected chi connectivity index (χ2v) is 6.68. The minimum Gasteiger partial charge on any atom is -0.497 e. The van der Waals surface area contributed by atoms with Crippen molar-refractivity contribution >= 4 is 19.6 Å². The third-order valence-corrected chi connectivity index (χ3v) is 5.20. The molecule has 0 atom stereocenters. The first-order chi connectivity index (χ1) is 11.9. The highest BCUT2D eigenvalue weighted by Crippen LogP contribution is 2.57. The number of carbonyl (C=O) groups excluding carboxylic acids is 1. The van der Waals surface area contributed by atoms with Crippen LogP contribution < -0.4 is 9.47 Å². The molecule has 0 spiro atoms. The van der Waals surface area contributed by atoms with Gasteiger partial charge in [0.25, 0.3) is 0 Å². The zero-order chi connectivity index (χ0) is 18.9. The fraction of sp³-hybridized carbons (Fsp3) is 0.471. The van der Waals surface area contributed by atoms with Gasteiger partial charge in [0.2, 0.25) is 0 Å². The molecule has 0 saturated carbocycles. The van der Waals surface area contributed by atoms with E-state index in [9.17, 15) is 9.36 Å². The van der Waals surface area contributed by atoms with Gasteiger partial charge in [-0.1, -0.05) is 0 Å². The van der Waals surface area contributed by atoms with E-state index >= 15 is 0 Å². The van der Waals surface area contributed by atoms with Gasteiger partial charge >= 0.3 is 13.6 Å². The van der Waals surface area contributed by atoms with E-state index in [2.05, 4.69) is 0 Å². The molecular formula is C17H25O7P. The molecule has 1 aromatic rings. The second kappa shape index (κ2) is 10.2. The molecular weight excluding hydrogens is 347 g/mol. The Kier molecular flexibility index (Phi) is 8.69. The molecule has 0 heterocycles. The molecule has 0 bridgehead atoms. The molecule has 1 aromatic carbocycles. The summed E-state index contributed by atoms with van der Waals surface area (Å²) in [5.41, 5.74) is 0.490. The van der Waals surface area contributed by atoms with E-state index in [4.69, 9.17) is 23.3 Å². The number of benzene rings is 1. The van der Waals surface area contributed by atoms with Crippen molar-refractivity contribution in [3.05, 3.63) is 29.1 Å². The van der Waals surface area contributed by atoms with Crippen LogP contribution in [-0.4, -0.2) is 40.0 Å². The van der Waals surface area contributed by atoms with Crippen molar-refractivity contribution in [2.45, 2.75) is 20.8 Å². The van der Waals surface area contributed by atoms with Crippen molar-refractivity contribution in [1.82, 2.24) is 0 Å². The maximum absolute atomic E-state index is 13.1. The maximum Gasteiger partial charge on any atom is 0.368 e. The van der Waals surface area contributed by atoms with Crippen molar-refractivity contribution in [2.75, 3.05) is 34.0 Å². The van der Waals surface area contributed by atoms with Crippen molar-refractivity contribution in [3.63, 3.8) is 0 Å². The van der Waals surface area contributed by atoms with Crippen LogP contribution in [0.15, 0.2) is 23.5 Å². The Labute approximate surface area is 148 Å². The quantitative estimate of drug-likeness (QED) is 0.350.